The number of rotatable bonds is 10. The largest absolute Gasteiger partial charge is 0.394 e. The van der Waals surface area contributed by atoms with Crippen LogP contribution in [0.1, 0.15) is 47.0 Å². The molecule has 0 aliphatic rings. The number of carbonyl (C=O) groups excluding carboxylic acids is 1. The fourth-order valence-corrected chi connectivity index (χ4v) is 1.21. The maximum atomic E-state index is 10.3. The summed E-state index contributed by atoms with van der Waals surface area (Å²) in [6.45, 7) is 10.4. The predicted octanol–water partition coefficient (Wildman–Crippen LogP) is 2.43. The average molecular weight is 262 g/mol. The van der Waals surface area contributed by atoms with Crippen LogP contribution >= 0.6 is 0 Å². The van der Waals surface area contributed by atoms with E-state index < -0.39 is 0 Å². The molecular formula is C14H30O4. The second-order valence-electron chi connectivity index (χ2n) is 4.60. The molecule has 0 aromatic heterocycles. The average Bonchev–Trinajstić information content (AvgIpc) is 2.27. The maximum Gasteiger partial charge on any atom is 0.130 e. The number of carbonyl (C=O) groups is 1. The number of ketones is 1. The second-order valence-corrected chi connectivity index (χ2v) is 4.60. The Balaban J connectivity index is 0. The van der Waals surface area contributed by atoms with Gasteiger partial charge in [0.15, 0.2) is 0 Å². The molecule has 0 saturated carbocycles. The zero-order valence-electron chi connectivity index (χ0n) is 12.4. The third kappa shape index (κ3) is 24.7. The quantitative estimate of drug-likeness (QED) is 0.614. The molecule has 110 valence electrons. The Morgan fingerprint density at radius 3 is 2.00 bits per heavy atom. The molecule has 0 aliphatic heterocycles. The van der Waals surface area contributed by atoms with E-state index in [9.17, 15) is 4.79 Å². The van der Waals surface area contributed by atoms with Gasteiger partial charge in [-0.1, -0.05) is 27.2 Å². The molecule has 0 atom stereocenters. The topological polar surface area (TPSA) is 55.8 Å². The van der Waals surface area contributed by atoms with E-state index in [0.29, 0.717) is 25.7 Å². The zero-order valence-corrected chi connectivity index (χ0v) is 12.4. The second kappa shape index (κ2) is 16.6. The first-order valence-corrected chi connectivity index (χ1v) is 6.80. The summed E-state index contributed by atoms with van der Waals surface area (Å²) in [6.07, 6.45) is 3.00. The van der Waals surface area contributed by atoms with Crippen LogP contribution in [-0.4, -0.2) is 43.9 Å². The van der Waals surface area contributed by atoms with Crippen molar-refractivity contribution in [1.29, 1.82) is 0 Å². The minimum Gasteiger partial charge on any atom is -0.394 e. The number of aliphatic hydroxyl groups excluding tert-OH is 1. The third-order valence-corrected chi connectivity index (χ3v) is 1.95. The molecule has 0 radical (unpaired) electrons. The van der Waals surface area contributed by atoms with Crippen LogP contribution in [0.3, 0.4) is 0 Å². The van der Waals surface area contributed by atoms with Crippen molar-refractivity contribution in [2.24, 2.45) is 5.92 Å². The maximum absolute atomic E-state index is 10.3. The van der Waals surface area contributed by atoms with E-state index in [1.54, 1.807) is 6.92 Å². The van der Waals surface area contributed by atoms with E-state index in [2.05, 4.69) is 6.92 Å². The third-order valence-electron chi connectivity index (χ3n) is 1.95. The van der Waals surface area contributed by atoms with Gasteiger partial charge in [-0.2, -0.15) is 0 Å². The normalized spacial score (nSPS) is 10.1. The van der Waals surface area contributed by atoms with Gasteiger partial charge in [-0.3, -0.25) is 0 Å². The molecule has 0 unspecified atom stereocenters. The molecule has 0 aromatic rings. The SMILES string of the molecule is CC(=O)CC(C)C.CCCCOCCOCCO. The van der Waals surface area contributed by atoms with Gasteiger partial charge in [0.1, 0.15) is 5.78 Å². The summed E-state index contributed by atoms with van der Waals surface area (Å²) >= 11 is 0. The summed E-state index contributed by atoms with van der Waals surface area (Å²) in [5.41, 5.74) is 0. The van der Waals surface area contributed by atoms with Gasteiger partial charge < -0.3 is 19.4 Å². The Morgan fingerprint density at radius 1 is 1.11 bits per heavy atom. The summed E-state index contributed by atoms with van der Waals surface area (Å²) < 4.78 is 10.2. The molecule has 0 amide bonds. The van der Waals surface area contributed by atoms with Gasteiger partial charge in [-0.05, 0) is 19.3 Å². The lowest BCUT2D eigenvalue weighted by molar-refractivity contribution is -0.117. The smallest absolute Gasteiger partial charge is 0.130 e. The number of ether oxygens (including phenoxy) is 2. The highest BCUT2D eigenvalue weighted by Gasteiger charge is 1.95. The van der Waals surface area contributed by atoms with Crippen molar-refractivity contribution in [2.75, 3.05) is 33.0 Å². The lowest BCUT2D eigenvalue weighted by Crippen LogP contribution is -2.07. The van der Waals surface area contributed by atoms with Crippen LogP contribution in [-0.2, 0) is 14.3 Å². The molecule has 0 fully saturated rings. The van der Waals surface area contributed by atoms with Crippen molar-refractivity contribution in [3.8, 4) is 0 Å². The molecule has 4 nitrogen and oxygen atoms in total. The molecule has 18 heavy (non-hydrogen) atoms. The lowest BCUT2D eigenvalue weighted by atomic mass is 10.1. The standard InChI is InChI=1S/C8H18O3.C6H12O/c1-2-3-5-10-7-8-11-6-4-9;1-5(2)4-6(3)7/h9H,2-8H2,1H3;5H,4H2,1-3H3. The van der Waals surface area contributed by atoms with Crippen LogP contribution in [0.5, 0.6) is 0 Å². The van der Waals surface area contributed by atoms with Crippen LogP contribution in [0.4, 0.5) is 0 Å². The van der Waals surface area contributed by atoms with Crippen LogP contribution in [0, 0.1) is 5.92 Å². The highest BCUT2D eigenvalue weighted by Crippen LogP contribution is 1.97. The summed E-state index contributed by atoms with van der Waals surface area (Å²) in [7, 11) is 0. The van der Waals surface area contributed by atoms with Crippen LogP contribution in [0.15, 0.2) is 0 Å². The van der Waals surface area contributed by atoms with Crippen LogP contribution in [0.2, 0.25) is 0 Å². The molecule has 4 heteroatoms. The van der Waals surface area contributed by atoms with Gasteiger partial charge in [0.2, 0.25) is 0 Å². The Bertz CT molecular complexity index is 161. The van der Waals surface area contributed by atoms with E-state index in [1.807, 2.05) is 13.8 Å². The first-order valence-electron chi connectivity index (χ1n) is 6.80. The van der Waals surface area contributed by atoms with E-state index >= 15 is 0 Å². The van der Waals surface area contributed by atoms with E-state index in [-0.39, 0.29) is 12.4 Å². The molecule has 0 heterocycles. The lowest BCUT2D eigenvalue weighted by Gasteiger charge is -2.02. The highest BCUT2D eigenvalue weighted by molar-refractivity contribution is 5.75. The first-order chi connectivity index (χ1) is 8.54. The van der Waals surface area contributed by atoms with Gasteiger partial charge >= 0.3 is 0 Å². The Labute approximate surface area is 112 Å². The fourth-order valence-electron chi connectivity index (χ4n) is 1.21. The van der Waals surface area contributed by atoms with Crippen LogP contribution in [0.25, 0.3) is 0 Å². The Hall–Kier alpha value is -0.450. The van der Waals surface area contributed by atoms with Crippen molar-refractivity contribution in [3.05, 3.63) is 0 Å². The van der Waals surface area contributed by atoms with Gasteiger partial charge in [-0.15, -0.1) is 0 Å². The molecule has 0 saturated heterocycles. The van der Waals surface area contributed by atoms with E-state index in [0.717, 1.165) is 25.9 Å². The summed E-state index contributed by atoms with van der Waals surface area (Å²) in [6, 6.07) is 0. The number of Topliss-reactive ketones (excluding diaryl/α,β-unsaturated/α-hetero) is 1. The minimum atomic E-state index is 0.0922. The van der Waals surface area contributed by atoms with Crippen molar-refractivity contribution < 1.29 is 19.4 Å². The molecule has 0 spiro atoms. The highest BCUT2D eigenvalue weighted by atomic mass is 16.5. The predicted molar refractivity (Wildman–Crippen MR) is 73.8 cm³/mol. The number of aliphatic hydroxyl groups is 1. The van der Waals surface area contributed by atoms with Crippen molar-refractivity contribution in [2.45, 2.75) is 47.0 Å². The van der Waals surface area contributed by atoms with Crippen molar-refractivity contribution >= 4 is 5.78 Å². The molecule has 1 N–H and O–H groups in total. The molecule has 0 bridgehead atoms. The summed E-state index contributed by atoms with van der Waals surface area (Å²) in [4.78, 5) is 10.3. The first kappa shape index (κ1) is 19.9. The van der Waals surface area contributed by atoms with Crippen molar-refractivity contribution in [3.63, 3.8) is 0 Å². The van der Waals surface area contributed by atoms with Gasteiger partial charge in [-0.25, -0.2) is 0 Å². The monoisotopic (exact) mass is 262 g/mol. The van der Waals surface area contributed by atoms with Crippen molar-refractivity contribution in [1.82, 2.24) is 0 Å². The van der Waals surface area contributed by atoms with Gasteiger partial charge in [0.25, 0.3) is 0 Å². The van der Waals surface area contributed by atoms with E-state index in [4.69, 9.17) is 14.6 Å². The number of unbranched alkanes of at least 4 members (excludes halogenated alkanes) is 1. The molecule has 0 aliphatic carbocycles. The molecular weight excluding hydrogens is 232 g/mol. The van der Waals surface area contributed by atoms with Gasteiger partial charge in [0, 0.05) is 13.0 Å². The number of hydrogen-bond acceptors (Lipinski definition) is 4. The Morgan fingerprint density at radius 2 is 1.67 bits per heavy atom. The fraction of sp³-hybridized carbons (Fsp3) is 0.929. The molecule has 0 aromatic carbocycles. The number of hydrogen-bond donors (Lipinski definition) is 1. The zero-order chi connectivity index (χ0) is 14.2. The molecule has 0 rings (SSSR count). The Kier molecular flexibility index (Phi) is 18.3. The van der Waals surface area contributed by atoms with E-state index in [1.165, 1.54) is 0 Å². The van der Waals surface area contributed by atoms with Crippen LogP contribution < -0.4 is 0 Å². The van der Waals surface area contributed by atoms with Gasteiger partial charge in [0.05, 0.1) is 26.4 Å². The minimum absolute atomic E-state index is 0.0922. The summed E-state index contributed by atoms with van der Waals surface area (Å²) in [5, 5.41) is 8.34. The summed E-state index contributed by atoms with van der Waals surface area (Å²) in [5.74, 6) is 0.813.